The number of aryl methyl sites for hydroxylation is 2. The number of nitrogens with one attached hydrogen (secondary N) is 2. The van der Waals surface area contributed by atoms with Gasteiger partial charge in [0.05, 0.1) is 5.01 Å². The van der Waals surface area contributed by atoms with E-state index in [1.165, 1.54) is 5.01 Å². The topological polar surface area (TPSA) is 67.8 Å². The van der Waals surface area contributed by atoms with Crippen LogP contribution in [-0.2, 0) is 15.9 Å². The van der Waals surface area contributed by atoms with Crippen molar-refractivity contribution in [2.45, 2.75) is 45.4 Å². The standard InChI is InChI=1S/C19H34N4O2S.HI/c1-16-15-26-18(23-16)6-3-4-9-21-19(20-2)22-10-5-11-25-14-17-7-12-24-13-8-17;/h15,17H,3-14H2,1-2H3,(H2,20,21,22);1H. The van der Waals surface area contributed by atoms with E-state index in [-0.39, 0.29) is 24.0 Å². The smallest absolute Gasteiger partial charge is 0.190 e. The Labute approximate surface area is 184 Å². The molecule has 1 aliphatic rings. The molecule has 1 saturated heterocycles. The molecule has 2 N–H and O–H groups in total. The molecule has 0 bridgehead atoms. The monoisotopic (exact) mass is 510 g/mol. The maximum atomic E-state index is 5.78. The van der Waals surface area contributed by atoms with Crippen molar-refractivity contribution in [1.29, 1.82) is 0 Å². The molecule has 156 valence electrons. The van der Waals surface area contributed by atoms with Gasteiger partial charge in [0.25, 0.3) is 0 Å². The molecule has 8 heteroatoms. The molecule has 0 atom stereocenters. The average Bonchev–Trinajstić information content (AvgIpc) is 3.08. The highest BCUT2D eigenvalue weighted by Crippen LogP contribution is 2.14. The van der Waals surface area contributed by atoms with Crippen molar-refractivity contribution in [2.75, 3.05) is 46.6 Å². The zero-order valence-corrected chi connectivity index (χ0v) is 19.8. The summed E-state index contributed by atoms with van der Waals surface area (Å²) >= 11 is 1.76. The van der Waals surface area contributed by atoms with Gasteiger partial charge in [-0.1, -0.05) is 0 Å². The van der Waals surface area contributed by atoms with E-state index < -0.39 is 0 Å². The Morgan fingerprint density at radius 2 is 2.00 bits per heavy atom. The van der Waals surface area contributed by atoms with Crippen LogP contribution < -0.4 is 10.6 Å². The van der Waals surface area contributed by atoms with E-state index in [9.17, 15) is 0 Å². The lowest BCUT2D eigenvalue weighted by Crippen LogP contribution is -2.38. The van der Waals surface area contributed by atoms with Gasteiger partial charge in [-0.25, -0.2) is 4.98 Å². The second kappa shape index (κ2) is 15.5. The van der Waals surface area contributed by atoms with Crippen LogP contribution in [0.4, 0.5) is 0 Å². The first kappa shape index (κ1) is 24.6. The molecule has 1 aromatic rings. The molecule has 0 saturated carbocycles. The van der Waals surface area contributed by atoms with E-state index >= 15 is 0 Å². The Hall–Kier alpha value is -0.450. The molecule has 0 aliphatic carbocycles. The van der Waals surface area contributed by atoms with E-state index in [0.29, 0.717) is 5.92 Å². The number of rotatable bonds is 11. The van der Waals surface area contributed by atoms with E-state index in [1.54, 1.807) is 11.3 Å². The number of unbranched alkanes of at least 4 members (excludes halogenated alkanes) is 1. The molecule has 0 unspecified atom stereocenters. The van der Waals surface area contributed by atoms with Gasteiger partial charge >= 0.3 is 0 Å². The number of hydrogen-bond donors (Lipinski definition) is 2. The van der Waals surface area contributed by atoms with Crippen LogP contribution >= 0.6 is 35.3 Å². The van der Waals surface area contributed by atoms with Crippen molar-refractivity contribution in [3.63, 3.8) is 0 Å². The SMILES string of the molecule is CN=C(NCCCCc1nc(C)cs1)NCCCOCC1CCOCC1.I. The molecule has 1 aromatic heterocycles. The Kier molecular flexibility index (Phi) is 14.1. The molecule has 1 fully saturated rings. The zero-order valence-electron chi connectivity index (χ0n) is 16.7. The average molecular weight is 510 g/mol. The minimum Gasteiger partial charge on any atom is -0.381 e. The maximum absolute atomic E-state index is 5.78. The summed E-state index contributed by atoms with van der Waals surface area (Å²) < 4.78 is 11.2. The number of aliphatic imine (C=N–C) groups is 1. The lowest BCUT2D eigenvalue weighted by atomic mass is 10.0. The van der Waals surface area contributed by atoms with Gasteiger partial charge in [-0.2, -0.15) is 0 Å². The molecule has 2 rings (SSSR count). The van der Waals surface area contributed by atoms with Gasteiger partial charge in [0, 0.05) is 57.6 Å². The van der Waals surface area contributed by atoms with Crippen LogP contribution in [0.15, 0.2) is 10.4 Å². The summed E-state index contributed by atoms with van der Waals surface area (Å²) in [6.07, 6.45) is 6.60. The van der Waals surface area contributed by atoms with Crippen molar-refractivity contribution in [3.05, 3.63) is 16.1 Å². The summed E-state index contributed by atoms with van der Waals surface area (Å²) in [5.74, 6) is 1.55. The summed E-state index contributed by atoms with van der Waals surface area (Å²) in [6.45, 7) is 7.31. The number of guanidine groups is 1. The zero-order chi connectivity index (χ0) is 18.5. The van der Waals surface area contributed by atoms with E-state index in [2.05, 4.69) is 26.0 Å². The Bertz CT molecular complexity index is 522. The molecular weight excluding hydrogens is 475 g/mol. The van der Waals surface area contributed by atoms with Gasteiger partial charge in [0.1, 0.15) is 0 Å². The number of nitrogens with zero attached hydrogens (tertiary/aromatic N) is 2. The van der Waals surface area contributed by atoms with E-state index in [1.807, 2.05) is 14.0 Å². The van der Waals surface area contributed by atoms with Crippen molar-refractivity contribution in [1.82, 2.24) is 15.6 Å². The van der Waals surface area contributed by atoms with Crippen molar-refractivity contribution >= 4 is 41.3 Å². The largest absolute Gasteiger partial charge is 0.381 e. The molecule has 0 aromatic carbocycles. The van der Waals surface area contributed by atoms with Crippen molar-refractivity contribution < 1.29 is 9.47 Å². The lowest BCUT2D eigenvalue weighted by molar-refractivity contribution is 0.0203. The van der Waals surface area contributed by atoms with Crippen molar-refractivity contribution in [3.8, 4) is 0 Å². The highest BCUT2D eigenvalue weighted by Gasteiger charge is 2.13. The highest BCUT2D eigenvalue weighted by atomic mass is 127. The number of ether oxygens (including phenoxy) is 2. The van der Waals surface area contributed by atoms with E-state index in [0.717, 1.165) is 89.7 Å². The summed E-state index contributed by atoms with van der Waals surface area (Å²) in [5.41, 5.74) is 1.13. The number of halogens is 1. The molecular formula is C19H35IN4O2S. The maximum Gasteiger partial charge on any atom is 0.190 e. The van der Waals surface area contributed by atoms with Gasteiger partial charge < -0.3 is 20.1 Å². The molecule has 27 heavy (non-hydrogen) atoms. The quantitative estimate of drug-likeness (QED) is 0.207. The van der Waals surface area contributed by atoms with Gasteiger partial charge in [-0.3, -0.25) is 4.99 Å². The minimum atomic E-state index is 0. The third kappa shape index (κ3) is 11.2. The number of aromatic nitrogens is 1. The first-order chi connectivity index (χ1) is 12.8. The normalized spacial score (nSPS) is 15.4. The number of hydrogen-bond acceptors (Lipinski definition) is 5. The van der Waals surface area contributed by atoms with Crippen LogP contribution in [-0.4, -0.2) is 57.5 Å². The Morgan fingerprint density at radius 3 is 2.67 bits per heavy atom. The van der Waals surface area contributed by atoms with Crippen LogP contribution in [0.3, 0.4) is 0 Å². The first-order valence-electron chi connectivity index (χ1n) is 9.79. The van der Waals surface area contributed by atoms with Gasteiger partial charge in [0.2, 0.25) is 0 Å². The molecule has 0 radical (unpaired) electrons. The van der Waals surface area contributed by atoms with Gasteiger partial charge in [-0.05, 0) is 51.4 Å². The third-order valence-corrected chi connectivity index (χ3v) is 5.48. The minimum absolute atomic E-state index is 0. The summed E-state index contributed by atoms with van der Waals surface area (Å²) in [4.78, 5) is 8.77. The Morgan fingerprint density at radius 1 is 1.26 bits per heavy atom. The first-order valence-corrected chi connectivity index (χ1v) is 10.7. The van der Waals surface area contributed by atoms with Crippen LogP contribution in [0.25, 0.3) is 0 Å². The predicted octanol–water partition coefficient (Wildman–Crippen LogP) is 3.39. The second-order valence-electron chi connectivity index (χ2n) is 6.75. The van der Waals surface area contributed by atoms with E-state index in [4.69, 9.17) is 9.47 Å². The Balaban J connectivity index is 0.00000364. The fraction of sp³-hybridized carbons (Fsp3) is 0.789. The molecule has 0 spiro atoms. The molecule has 0 amide bonds. The fourth-order valence-corrected chi connectivity index (χ4v) is 3.71. The van der Waals surface area contributed by atoms with Crippen LogP contribution in [0.5, 0.6) is 0 Å². The second-order valence-corrected chi connectivity index (χ2v) is 7.69. The van der Waals surface area contributed by atoms with Gasteiger partial charge in [0.15, 0.2) is 5.96 Å². The summed E-state index contributed by atoms with van der Waals surface area (Å²) in [5, 5.41) is 10.1. The predicted molar refractivity (Wildman–Crippen MR) is 124 cm³/mol. The molecule has 6 nitrogen and oxygen atoms in total. The number of thiazole rings is 1. The fourth-order valence-electron chi connectivity index (χ4n) is 2.89. The summed E-state index contributed by atoms with van der Waals surface area (Å²) in [6, 6.07) is 0. The van der Waals surface area contributed by atoms with Crippen molar-refractivity contribution in [2.24, 2.45) is 10.9 Å². The van der Waals surface area contributed by atoms with Crippen LogP contribution in [0.2, 0.25) is 0 Å². The van der Waals surface area contributed by atoms with Crippen LogP contribution in [0.1, 0.15) is 42.8 Å². The highest BCUT2D eigenvalue weighted by molar-refractivity contribution is 14.0. The lowest BCUT2D eigenvalue weighted by Gasteiger charge is -2.21. The molecule has 1 aliphatic heterocycles. The van der Waals surface area contributed by atoms with Gasteiger partial charge in [-0.15, -0.1) is 35.3 Å². The molecule has 2 heterocycles. The summed E-state index contributed by atoms with van der Waals surface area (Å²) in [7, 11) is 1.81. The third-order valence-electron chi connectivity index (χ3n) is 4.45. The van der Waals surface area contributed by atoms with Crippen LogP contribution in [0, 0.1) is 12.8 Å².